The minimum atomic E-state index is -1.07. The monoisotopic (exact) mass is 406 g/mol. The first-order valence-electron chi connectivity index (χ1n) is 8.52. The van der Waals surface area contributed by atoms with E-state index in [4.69, 9.17) is 15.0 Å². The second-order valence-corrected chi connectivity index (χ2v) is 8.24. The molecule has 0 bridgehead atoms. The molecule has 150 valence electrons. The van der Waals surface area contributed by atoms with Crippen molar-refractivity contribution in [2.24, 2.45) is 5.11 Å². The molecule has 0 spiro atoms. The Balaban J connectivity index is 2.51. The normalized spacial score (nSPS) is 21.6. The summed E-state index contributed by atoms with van der Waals surface area (Å²) in [4.78, 5) is 41.9. The van der Waals surface area contributed by atoms with Gasteiger partial charge in [0.05, 0.1) is 13.2 Å². The Morgan fingerprint density at radius 1 is 1.21 bits per heavy atom. The van der Waals surface area contributed by atoms with Crippen molar-refractivity contribution in [2.45, 2.75) is 43.0 Å². The van der Waals surface area contributed by atoms with Crippen LogP contribution in [0.4, 0.5) is 0 Å². The summed E-state index contributed by atoms with van der Waals surface area (Å²) in [6.45, 7) is 4.66. The van der Waals surface area contributed by atoms with E-state index in [9.17, 15) is 14.4 Å². The van der Waals surface area contributed by atoms with Crippen LogP contribution in [-0.2, 0) is 23.9 Å². The molecular formula is C18H22N4O5S. The topological polar surface area (TPSA) is 122 Å². The van der Waals surface area contributed by atoms with Gasteiger partial charge in [0, 0.05) is 4.91 Å². The van der Waals surface area contributed by atoms with Crippen LogP contribution < -0.4 is 0 Å². The summed E-state index contributed by atoms with van der Waals surface area (Å²) in [7, 11) is 1.25. The lowest BCUT2D eigenvalue weighted by Gasteiger charge is -2.30. The predicted octanol–water partition coefficient (Wildman–Crippen LogP) is 2.82. The third-order valence-electron chi connectivity index (χ3n) is 3.85. The molecule has 10 heteroatoms. The van der Waals surface area contributed by atoms with E-state index in [0.717, 1.165) is 11.8 Å². The molecule has 1 fully saturated rings. The number of ether oxygens (including phenoxy) is 2. The number of azide groups is 1. The van der Waals surface area contributed by atoms with Crippen molar-refractivity contribution in [1.82, 2.24) is 4.90 Å². The Hall–Kier alpha value is -2.71. The zero-order chi connectivity index (χ0) is 20.9. The van der Waals surface area contributed by atoms with E-state index in [-0.39, 0.29) is 0 Å². The van der Waals surface area contributed by atoms with Gasteiger partial charge in [-0.05, 0) is 31.9 Å². The van der Waals surface area contributed by atoms with Gasteiger partial charge in [-0.3, -0.25) is 9.59 Å². The maximum absolute atomic E-state index is 12.8. The summed E-state index contributed by atoms with van der Waals surface area (Å²) in [5.74, 6) is -1.80. The van der Waals surface area contributed by atoms with Gasteiger partial charge in [0.2, 0.25) is 5.91 Å². The molecule has 1 saturated heterocycles. The second-order valence-electron chi connectivity index (χ2n) is 7.01. The van der Waals surface area contributed by atoms with Crippen LogP contribution >= 0.6 is 11.8 Å². The molecule has 1 aromatic carbocycles. The third kappa shape index (κ3) is 4.96. The van der Waals surface area contributed by atoms with Crippen molar-refractivity contribution in [2.75, 3.05) is 13.7 Å². The number of carbonyl (C=O) groups excluding carboxylic acids is 3. The Morgan fingerprint density at radius 3 is 2.39 bits per heavy atom. The predicted molar refractivity (Wildman–Crippen MR) is 103 cm³/mol. The number of nitrogens with zero attached hydrogens (tertiary/aromatic N) is 4. The van der Waals surface area contributed by atoms with E-state index in [2.05, 4.69) is 10.0 Å². The van der Waals surface area contributed by atoms with Gasteiger partial charge in [0.1, 0.15) is 17.4 Å². The first-order chi connectivity index (χ1) is 13.2. The van der Waals surface area contributed by atoms with Gasteiger partial charge in [0.15, 0.2) is 5.37 Å². The van der Waals surface area contributed by atoms with Crippen LogP contribution in [0.25, 0.3) is 10.4 Å². The van der Waals surface area contributed by atoms with Crippen molar-refractivity contribution in [3.63, 3.8) is 0 Å². The first-order valence-corrected chi connectivity index (χ1v) is 9.47. The number of hydrogen-bond donors (Lipinski definition) is 0. The first kappa shape index (κ1) is 21.6. The summed E-state index contributed by atoms with van der Waals surface area (Å²) >= 11 is 0.986. The molecule has 0 saturated carbocycles. The lowest BCUT2D eigenvalue weighted by Crippen LogP contribution is -2.45. The smallest absolute Gasteiger partial charge is 0.340 e. The minimum Gasteiger partial charge on any atom is -0.468 e. The molecule has 0 aliphatic carbocycles. The fraction of sp³-hybridized carbons (Fsp3) is 0.500. The van der Waals surface area contributed by atoms with Gasteiger partial charge in [-0.15, -0.1) is 11.8 Å². The quantitative estimate of drug-likeness (QED) is 0.321. The third-order valence-corrected chi connectivity index (χ3v) is 5.28. The Bertz CT molecular complexity index is 789. The highest BCUT2D eigenvalue weighted by Gasteiger charge is 2.52. The highest BCUT2D eigenvalue weighted by Crippen LogP contribution is 2.46. The van der Waals surface area contributed by atoms with Gasteiger partial charge in [0.25, 0.3) is 0 Å². The summed E-state index contributed by atoms with van der Waals surface area (Å²) in [5, 5.41) is 1.41. The van der Waals surface area contributed by atoms with E-state index in [1.54, 1.807) is 51.1 Å². The minimum absolute atomic E-state index is 0.479. The van der Waals surface area contributed by atoms with Crippen molar-refractivity contribution >= 4 is 29.6 Å². The molecule has 1 aromatic rings. The number of hydrogen-bond acceptors (Lipinski definition) is 7. The number of methoxy groups -OCH3 is 1. The van der Waals surface area contributed by atoms with Gasteiger partial charge in [-0.1, -0.05) is 35.4 Å². The number of amides is 1. The zero-order valence-electron chi connectivity index (χ0n) is 16.1. The zero-order valence-corrected chi connectivity index (χ0v) is 16.9. The highest BCUT2D eigenvalue weighted by molar-refractivity contribution is 8.02. The van der Waals surface area contributed by atoms with Gasteiger partial charge in [-0.25, -0.2) is 4.79 Å². The molecule has 0 aromatic heterocycles. The largest absolute Gasteiger partial charge is 0.468 e. The molecule has 28 heavy (non-hydrogen) atoms. The Morgan fingerprint density at radius 2 is 1.86 bits per heavy atom. The van der Waals surface area contributed by atoms with E-state index in [0.29, 0.717) is 5.56 Å². The fourth-order valence-corrected chi connectivity index (χ4v) is 4.30. The van der Waals surface area contributed by atoms with E-state index >= 15 is 0 Å². The molecule has 0 radical (unpaired) electrons. The second kappa shape index (κ2) is 8.99. The molecule has 0 unspecified atom stereocenters. The average Bonchev–Trinajstić information content (AvgIpc) is 3.05. The molecule has 2 rings (SSSR count). The number of thioether (sulfide) groups is 1. The van der Waals surface area contributed by atoms with Crippen LogP contribution in [0, 0.1) is 0 Å². The van der Waals surface area contributed by atoms with Gasteiger partial charge < -0.3 is 14.4 Å². The standard InChI is InChI=1S/C18H22N4O5S/c1-18(2,3)27-17(25)15-22(12(23)10-20-21-19)13(11-8-6-5-7-9-11)14(28-15)16(24)26-4/h5-9,13-15H,10H2,1-4H3/t13-,14-,15-/m0/s1. The summed E-state index contributed by atoms with van der Waals surface area (Å²) in [6.07, 6.45) is 0. The SMILES string of the molecule is COC(=O)[C@H]1S[C@@H](C(=O)OC(C)(C)C)N(C(=O)CN=[N+]=[N-])[C@H]1c1ccccc1. The Labute approximate surface area is 167 Å². The maximum atomic E-state index is 12.8. The molecule has 1 heterocycles. The van der Waals surface area contributed by atoms with Gasteiger partial charge in [-0.2, -0.15) is 0 Å². The van der Waals surface area contributed by atoms with Crippen LogP contribution in [0.15, 0.2) is 35.4 Å². The van der Waals surface area contributed by atoms with Gasteiger partial charge >= 0.3 is 11.9 Å². The number of rotatable bonds is 5. The molecule has 3 atom stereocenters. The van der Waals surface area contributed by atoms with Crippen LogP contribution in [0.3, 0.4) is 0 Å². The lowest BCUT2D eigenvalue weighted by atomic mass is 10.0. The number of benzene rings is 1. The van der Waals surface area contributed by atoms with Crippen molar-refractivity contribution in [3.8, 4) is 0 Å². The molecular weight excluding hydrogens is 384 g/mol. The van der Waals surface area contributed by atoms with Crippen LogP contribution in [0.2, 0.25) is 0 Å². The van der Waals surface area contributed by atoms with Crippen molar-refractivity contribution < 1.29 is 23.9 Å². The average molecular weight is 406 g/mol. The van der Waals surface area contributed by atoms with E-state index < -0.39 is 46.7 Å². The van der Waals surface area contributed by atoms with E-state index in [1.807, 2.05) is 0 Å². The summed E-state index contributed by atoms with van der Waals surface area (Å²) in [6, 6.07) is 8.09. The maximum Gasteiger partial charge on any atom is 0.340 e. The Kier molecular flexibility index (Phi) is 6.93. The molecule has 1 amide bonds. The van der Waals surface area contributed by atoms with Crippen LogP contribution in [-0.4, -0.2) is 52.6 Å². The number of esters is 2. The van der Waals surface area contributed by atoms with E-state index in [1.165, 1.54) is 12.0 Å². The molecule has 1 aliphatic rings. The number of carbonyl (C=O) groups is 3. The summed E-state index contributed by atoms with van der Waals surface area (Å²) < 4.78 is 10.3. The van der Waals surface area contributed by atoms with Crippen LogP contribution in [0.5, 0.6) is 0 Å². The fourth-order valence-electron chi connectivity index (χ4n) is 2.84. The highest BCUT2D eigenvalue weighted by atomic mass is 32.2. The van der Waals surface area contributed by atoms with Crippen molar-refractivity contribution in [3.05, 3.63) is 46.3 Å². The van der Waals surface area contributed by atoms with Crippen molar-refractivity contribution in [1.29, 1.82) is 0 Å². The molecule has 9 nitrogen and oxygen atoms in total. The molecule has 1 aliphatic heterocycles. The van der Waals surface area contributed by atoms with Crippen LogP contribution in [0.1, 0.15) is 32.4 Å². The lowest BCUT2D eigenvalue weighted by molar-refractivity contribution is -0.161. The summed E-state index contributed by atoms with van der Waals surface area (Å²) in [5.41, 5.74) is 8.45. The molecule has 0 N–H and O–H groups in total.